The van der Waals surface area contributed by atoms with E-state index in [1.807, 2.05) is 6.07 Å². The van der Waals surface area contributed by atoms with Gasteiger partial charge >= 0.3 is 0 Å². The Kier molecular flexibility index (Phi) is 4.84. The average molecular weight is 308 g/mol. The zero-order valence-corrected chi connectivity index (χ0v) is 13.9. The molecule has 1 atom stereocenters. The standard InChI is InChI=1S/C16H23FN3S/c1-11-14(8-9-18)19-20(16(2,3)4)15(11)21-13-7-5-6-12(17)10-13/h5-7,10,14H,8-9,18H2,1-4H3/q+1. The van der Waals surface area contributed by atoms with Crippen molar-refractivity contribution in [3.05, 3.63) is 40.7 Å². The Hall–Kier alpha value is -1.20. The molecule has 0 radical (unpaired) electrons. The van der Waals surface area contributed by atoms with Gasteiger partial charge in [-0.05, 0) is 55.0 Å². The monoisotopic (exact) mass is 308 g/mol. The van der Waals surface area contributed by atoms with Crippen LogP contribution in [0, 0.1) is 5.82 Å². The number of rotatable bonds is 4. The molecule has 0 amide bonds. The van der Waals surface area contributed by atoms with Gasteiger partial charge in [0, 0.05) is 31.2 Å². The molecule has 114 valence electrons. The summed E-state index contributed by atoms with van der Waals surface area (Å²) in [4.78, 5) is 0.891. The third kappa shape index (κ3) is 3.71. The number of nitrogens with zero attached hydrogens (tertiary/aromatic N) is 2. The highest BCUT2D eigenvalue weighted by molar-refractivity contribution is 8.02. The quantitative estimate of drug-likeness (QED) is 0.849. The molecule has 0 saturated carbocycles. The van der Waals surface area contributed by atoms with Gasteiger partial charge in [0.1, 0.15) is 11.9 Å². The number of hydrogen-bond donors (Lipinski definition) is 1. The molecule has 1 aromatic carbocycles. The Morgan fingerprint density at radius 3 is 2.67 bits per heavy atom. The highest BCUT2D eigenvalue weighted by Gasteiger charge is 2.40. The van der Waals surface area contributed by atoms with E-state index >= 15 is 0 Å². The second kappa shape index (κ2) is 6.28. The van der Waals surface area contributed by atoms with E-state index in [2.05, 4.69) is 32.4 Å². The summed E-state index contributed by atoms with van der Waals surface area (Å²) in [6, 6.07) is 6.81. The highest BCUT2D eigenvalue weighted by Crippen LogP contribution is 2.39. The maximum absolute atomic E-state index is 13.4. The molecule has 0 aromatic heterocycles. The van der Waals surface area contributed by atoms with Crippen LogP contribution in [0.15, 0.2) is 44.9 Å². The molecule has 1 unspecified atom stereocenters. The third-order valence-electron chi connectivity index (χ3n) is 3.37. The first-order valence-corrected chi connectivity index (χ1v) is 8.00. The molecule has 0 bridgehead atoms. The van der Waals surface area contributed by atoms with Crippen molar-refractivity contribution in [1.82, 2.24) is 0 Å². The SMILES string of the molecule is CC1=C(Sc2cccc(F)c2)[N+](C(C)(C)C)=NC1CCN. The summed E-state index contributed by atoms with van der Waals surface area (Å²) >= 11 is 1.57. The van der Waals surface area contributed by atoms with Crippen LogP contribution in [0.5, 0.6) is 0 Å². The van der Waals surface area contributed by atoms with Gasteiger partial charge in [-0.3, -0.25) is 0 Å². The number of azo groups is 2. The van der Waals surface area contributed by atoms with E-state index in [1.54, 1.807) is 23.9 Å². The van der Waals surface area contributed by atoms with E-state index in [0.717, 1.165) is 16.3 Å². The molecule has 1 heterocycles. The van der Waals surface area contributed by atoms with Crippen LogP contribution in [0.1, 0.15) is 34.1 Å². The molecule has 0 aliphatic carbocycles. The zero-order chi connectivity index (χ0) is 15.6. The van der Waals surface area contributed by atoms with Crippen molar-refractivity contribution in [3.8, 4) is 0 Å². The maximum Gasteiger partial charge on any atom is 0.272 e. The summed E-state index contributed by atoms with van der Waals surface area (Å²) in [5.74, 6) is -0.214. The van der Waals surface area contributed by atoms with Gasteiger partial charge in [-0.1, -0.05) is 10.8 Å². The minimum absolute atomic E-state index is 0.111. The zero-order valence-electron chi connectivity index (χ0n) is 13.1. The topological polar surface area (TPSA) is 41.4 Å². The molecule has 2 rings (SSSR count). The Morgan fingerprint density at radius 1 is 1.38 bits per heavy atom. The summed E-state index contributed by atoms with van der Waals surface area (Å²) in [5, 5.41) is 5.88. The van der Waals surface area contributed by atoms with Crippen LogP contribution < -0.4 is 5.73 Å². The van der Waals surface area contributed by atoms with E-state index in [0.29, 0.717) is 6.54 Å². The van der Waals surface area contributed by atoms with E-state index in [-0.39, 0.29) is 17.4 Å². The highest BCUT2D eigenvalue weighted by atomic mass is 32.2. The van der Waals surface area contributed by atoms with E-state index in [1.165, 1.54) is 11.6 Å². The lowest BCUT2D eigenvalue weighted by Crippen LogP contribution is -2.29. The Morgan fingerprint density at radius 2 is 2.10 bits per heavy atom. The van der Waals surface area contributed by atoms with Crippen molar-refractivity contribution >= 4 is 11.8 Å². The second-order valence-electron chi connectivity index (χ2n) is 6.24. The van der Waals surface area contributed by atoms with Crippen LogP contribution >= 0.6 is 11.8 Å². The van der Waals surface area contributed by atoms with Crippen LogP contribution in [0.3, 0.4) is 0 Å². The minimum Gasteiger partial charge on any atom is -0.330 e. The summed E-state index contributed by atoms with van der Waals surface area (Å²) in [5.41, 5.74) is 6.79. The van der Waals surface area contributed by atoms with Gasteiger partial charge in [-0.25, -0.2) is 4.39 Å². The largest absolute Gasteiger partial charge is 0.330 e. The Bertz CT molecular complexity index is 587. The van der Waals surface area contributed by atoms with Crippen molar-refractivity contribution in [1.29, 1.82) is 0 Å². The predicted octanol–water partition coefficient (Wildman–Crippen LogP) is 4.14. The second-order valence-corrected chi connectivity index (χ2v) is 7.30. The maximum atomic E-state index is 13.4. The molecular formula is C16H23FN3S+. The van der Waals surface area contributed by atoms with Crippen molar-refractivity contribution in [2.24, 2.45) is 10.8 Å². The van der Waals surface area contributed by atoms with Crippen molar-refractivity contribution < 1.29 is 9.09 Å². The van der Waals surface area contributed by atoms with E-state index in [4.69, 9.17) is 10.8 Å². The third-order valence-corrected chi connectivity index (χ3v) is 4.55. The Balaban J connectivity index is 2.35. The van der Waals surface area contributed by atoms with Crippen molar-refractivity contribution in [2.45, 2.75) is 50.6 Å². The summed E-state index contributed by atoms with van der Waals surface area (Å²) in [6.07, 6.45) is 0.839. The van der Waals surface area contributed by atoms with Crippen molar-refractivity contribution in [2.75, 3.05) is 6.54 Å². The molecule has 1 aliphatic rings. The number of nitrogens with two attached hydrogens (primary N) is 1. The Labute approximate surface area is 130 Å². The lowest BCUT2D eigenvalue weighted by Gasteiger charge is -2.13. The lowest BCUT2D eigenvalue weighted by atomic mass is 10.1. The number of halogens is 1. The van der Waals surface area contributed by atoms with Crippen LogP contribution in [0.4, 0.5) is 4.39 Å². The molecule has 1 aromatic rings. The molecule has 2 N–H and O–H groups in total. The van der Waals surface area contributed by atoms with Crippen LogP contribution in [0.25, 0.3) is 0 Å². The normalized spacial score (nSPS) is 19.1. The smallest absolute Gasteiger partial charge is 0.272 e. The van der Waals surface area contributed by atoms with Gasteiger partial charge in [-0.2, -0.15) is 0 Å². The molecule has 0 spiro atoms. The molecule has 21 heavy (non-hydrogen) atoms. The van der Waals surface area contributed by atoms with Gasteiger partial charge in [0.05, 0.1) is 0 Å². The molecule has 5 heteroatoms. The first kappa shape index (κ1) is 16.2. The van der Waals surface area contributed by atoms with Crippen LogP contribution in [0.2, 0.25) is 0 Å². The fourth-order valence-electron chi connectivity index (χ4n) is 2.26. The summed E-state index contributed by atoms with van der Waals surface area (Å²) in [6.45, 7) is 9.08. The lowest BCUT2D eigenvalue weighted by molar-refractivity contribution is -0.600. The molecule has 1 aliphatic heterocycles. The van der Waals surface area contributed by atoms with Crippen molar-refractivity contribution in [3.63, 3.8) is 0 Å². The van der Waals surface area contributed by atoms with E-state index < -0.39 is 0 Å². The van der Waals surface area contributed by atoms with E-state index in [9.17, 15) is 4.39 Å². The van der Waals surface area contributed by atoms with Gasteiger partial charge in [-0.15, -0.1) is 0 Å². The van der Waals surface area contributed by atoms with Crippen LogP contribution in [-0.2, 0) is 0 Å². The van der Waals surface area contributed by atoms with Gasteiger partial charge in [0.15, 0.2) is 5.54 Å². The van der Waals surface area contributed by atoms with Gasteiger partial charge < -0.3 is 5.73 Å². The minimum atomic E-state index is -0.214. The fourth-order valence-corrected chi connectivity index (χ4v) is 3.51. The number of thioether (sulfide) groups is 1. The van der Waals surface area contributed by atoms with Gasteiger partial charge in [0.2, 0.25) is 0 Å². The molecule has 0 saturated heterocycles. The molecular weight excluding hydrogens is 285 g/mol. The summed E-state index contributed by atoms with van der Waals surface area (Å²) in [7, 11) is 0. The number of hydrogen-bond acceptors (Lipinski definition) is 3. The summed E-state index contributed by atoms with van der Waals surface area (Å²) < 4.78 is 15.4. The van der Waals surface area contributed by atoms with Crippen LogP contribution in [-0.4, -0.2) is 22.8 Å². The first-order chi connectivity index (χ1) is 9.82. The molecule has 3 nitrogen and oxygen atoms in total. The first-order valence-electron chi connectivity index (χ1n) is 7.18. The average Bonchev–Trinajstić information content (AvgIpc) is 2.68. The predicted molar refractivity (Wildman–Crippen MR) is 84.9 cm³/mol. The molecule has 0 fully saturated rings. The van der Waals surface area contributed by atoms with Gasteiger partial charge in [0.25, 0.3) is 5.03 Å². The fraction of sp³-hybridized carbons (Fsp3) is 0.500. The number of benzene rings is 1.